The Kier molecular flexibility index (Phi) is 6.15. The van der Waals surface area contributed by atoms with Gasteiger partial charge in [-0.15, -0.1) is 0 Å². The Balaban J connectivity index is 2.15. The second kappa shape index (κ2) is 8.14. The lowest BCUT2D eigenvalue weighted by atomic mass is 10.1. The van der Waals surface area contributed by atoms with Crippen LogP contribution in [0, 0.1) is 5.82 Å². The summed E-state index contributed by atoms with van der Waals surface area (Å²) in [6, 6.07) is 10.7. The van der Waals surface area contributed by atoms with Crippen LogP contribution in [-0.2, 0) is 10.0 Å². The number of anilines is 1. The first-order valence-corrected chi connectivity index (χ1v) is 9.53. The Morgan fingerprint density at radius 3 is 2.19 bits per heavy atom. The molecule has 0 radical (unpaired) electrons. The molecule has 0 saturated carbocycles. The van der Waals surface area contributed by atoms with Crippen molar-refractivity contribution in [2.75, 3.05) is 17.8 Å². The van der Waals surface area contributed by atoms with E-state index in [0.29, 0.717) is 24.3 Å². The fraction of sp³-hybridized carbons (Fsp3) is 0.211. The number of carbonyl (C=O) groups is 1. The van der Waals surface area contributed by atoms with Gasteiger partial charge in [0.2, 0.25) is 0 Å². The third kappa shape index (κ3) is 4.92. The minimum absolute atomic E-state index is 0.0438. The van der Waals surface area contributed by atoms with E-state index < -0.39 is 15.8 Å². The fourth-order valence-electron chi connectivity index (χ4n) is 2.34. The van der Waals surface area contributed by atoms with Crippen molar-refractivity contribution in [3.8, 4) is 0 Å². The van der Waals surface area contributed by atoms with Crippen molar-refractivity contribution >= 4 is 21.6 Å². The zero-order chi connectivity index (χ0) is 19.3. The van der Waals surface area contributed by atoms with Crippen molar-refractivity contribution in [1.82, 2.24) is 4.90 Å². The molecule has 2 aromatic rings. The third-order valence-corrected chi connectivity index (χ3v) is 5.03. The van der Waals surface area contributed by atoms with Gasteiger partial charge in [-0.3, -0.25) is 9.52 Å². The molecule has 0 aliphatic carbocycles. The average Bonchev–Trinajstić information content (AvgIpc) is 2.59. The van der Waals surface area contributed by atoms with Gasteiger partial charge in [-0.2, -0.15) is 0 Å². The van der Waals surface area contributed by atoms with Crippen molar-refractivity contribution < 1.29 is 17.6 Å². The van der Waals surface area contributed by atoms with Crippen molar-refractivity contribution in [3.63, 3.8) is 0 Å². The highest BCUT2D eigenvalue weighted by molar-refractivity contribution is 7.92. The van der Waals surface area contributed by atoms with Gasteiger partial charge >= 0.3 is 0 Å². The molecule has 0 fully saturated rings. The molecule has 2 aromatic carbocycles. The molecule has 0 saturated heterocycles. The summed E-state index contributed by atoms with van der Waals surface area (Å²) >= 11 is 0. The molecule has 2 rings (SSSR count). The van der Waals surface area contributed by atoms with Gasteiger partial charge in [-0.05, 0) is 62.4 Å². The van der Waals surface area contributed by atoms with E-state index in [9.17, 15) is 17.6 Å². The molecule has 0 unspecified atom stereocenters. The van der Waals surface area contributed by atoms with Gasteiger partial charge < -0.3 is 4.90 Å². The van der Waals surface area contributed by atoms with Crippen molar-refractivity contribution in [1.29, 1.82) is 0 Å². The number of hydrogen-bond donors (Lipinski definition) is 1. The summed E-state index contributed by atoms with van der Waals surface area (Å²) in [7, 11) is -3.82. The lowest BCUT2D eigenvalue weighted by molar-refractivity contribution is 0.0778. The van der Waals surface area contributed by atoms with Gasteiger partial charge in [-0.1, -0.05) is 12.2 Å². The maximum Gasteiger partial charge on any atom is 0.261 e. The summed E-state index contributed by atoms with van der Waals surface area (Å²) in [6.07, 6.45) is 0. The number of halogens is 1. The van der Waals surface area contributed by atoms with Crippen LogP contribution in [0.25, 0.3) is 0 Å². The predicted molar refractivity (Wildman–Crippen MR) is 100 cm³/mol. The molecular weight excluding hydrogens is 355 g/mol. The van der Waals surface area contributed by atoms with Crippen LogP contribution in [0.15, 0.2) is 65.6 Å². The van der Waals surface area contributed by atoms with E-state index in [4.69, 9.17) is 0 Å². The number of nitrogens with zero attached hydrogens (tertiary/aromatic N) is 1. The Morgan fingerprint density at radius 1 is 1.12 bits per heavy atom. The lowest BCUT2D eigenvalue weighted by Gasteiger charge is -2.21. The second-order valence-corrected chi connectivity index (χ2v) is 7.60. The molecule has 26 heavy (non-hydrogen) atoms. The lowest BCUT2D eigenvalue weighted by Crippen LogP contribution is -2.32. The molecule has 0 heterocycles. The Morgan fingerprint density at radius 2 is 1.69 bits per heavy atom. The molecule has 0 aromatic heterocycles. The number of sulfonamides is 1. The number of hydrogen-bond acceptors (Lipinski definition) is 3. The van der Waals surface area contributed by atoms with Crippen LogP contribution in [-0.4, -0.2) is 32.3 Å². The number of rotatable bonds is 7. The number of likely N-dealkylation sites (N-methyl/N-ethyl adjacent to an activating group) is 1. The molecule has 138 valence electrons. The number of amides is 1. The van der Waals surface area contributed by atoms with Crippen LogP contribution >= 0.6 is 0 Å². The van der Waals surface area contributed by atoms with Gasteiger partial charge in [0.15, 0.2) is 0 Å². The Labute approximate surface area is 153 Å². The van der Waals surface area contributed by atoms with Crippen molar-refractivity contribution in [3.05, 3.63) is 72.1 Å². The summed E-state index contributed by atoms with van der Waals surface area (Å²) in [4.78, 5) is 14.1. The monoisotopic (exact) mass is 376 g/mol. The molecule has 0 atom stereocenters. The normalized spacial score (nSPS) is 11.0. The molecule has 0 aliphatic heterocycles. The van der Waals surface area contributed by atoms with E-state index in [0.717, 1.165) is 17.7 Å². The molecule has 5 nitrogen and oxygen atoms in total. The third-order valence-electron chi connectivity index (χ3n) is 3.64. The minimum Gasteiger partial charge on any atom is -0.335 e. The summed E-state index contributed by atoms with van der Waals surface area (Å²) in [5, 5.41) is 0. The van der Waals surface area contributed by atoms with Gasteiger partial charge in [0.1, 0.15) is 5.82 Å². The van der Waals surface area contributed by atoms with Crippen LogP contribution in [0.2, 0.25) is 0 Å². The van der Waals surface area contributed by atoms with Crippen LogP contribution < -0.4 is 4.72 Å². The second-order valence-electron chi connectivity index (χ2n) is 5.91. The highest BCUT2D eigenvalue weighted by Gasteiger charge is 2.16. The molecule has 1 amide bonds. The average molecular weight is 376 g/mol. The minimum atomic E-state index is -3.82. The van der Waals surface area contributed by atoms with Gasteiger partial charge in [0.25, 0.3) is 15.9 Å². The Bertz CT molecular complexity index is 891. The van der Waals surface area contributed by atoms with Crippen LogP contribution in [0.1, 0.15) is 24.2 Å². The van der Waals surface area contributed by atoms with E-state index in [1.54, 1.807) is 17.0 Å². The van der Waals surface area contributed by atoms with Gasteiger partial charge in [-0.25, -0.2) is 12.8 Å². The first-order valence-electron chi connectivity index (χ1n) is 8.05. The standard InChI is InChI=1S/C19H21FN2O3S/c1-4-22(13-14(2)3)19(23)15-5-9-17(10-6-15)21-26(24,25)18-11-7-16(20)8-12-18/h5-12,21H,2,4,13H2,1,3H3. The smallest absolute Gasteiger partial charge is 0.261 e. The molecule has 7 heteroatoms. The van der Waals surface area contributed by atoms with E-state index in [1.807, 2.05) is 13.8 Å². The largest absolute Gasteiger partial charge is 0.335 e. The van der Waals surface area contributed by atoms with Crippen LogP contribution in [0.3, 0.4) is 0 Å². The quantitative estimate of drug-likeness (QED) is 0.750. The van der Waals surface area contributed by atoms with Crippen molar-refractivity contribution in [2.45, 2.75) is 18.7 Å². The summed E-state index contributed by atoms with van der Waals surface area (Å²) in [5.74, 6) is -0.662. The highest BCUT2D eigenvalue weighted by Crippen LogP contribution is 2.18. The maximum atomic E-state index is 12.9. The molecular formula is C19H21FN2O3S. The molecule has 0 bridgehead atoms. The first-order chi connectivity index (χ1) is 12.2. The summed E-state index contributed by atoms with van der Waals surface area (Å²) in [5.41, 5.74) is 1.65. The van der Waals surface area contributed by atoms with E-state index in [2.05, 4.69) is 11.3 Å². The number of nitrogens with one attached hydrogen (secondary N) is 1. The summed E-state index contributed by atoms with van der Waals surface area (Å²) in [6.45, 7) is 8.56. The fourth-order valence-corrected chi connectivity index (χ4v) is 3.40. The summed E-state index contributed by atoms with van der Waals surface area (Å²) < 4.78 is 39.9. The van der Waals surface area contributed by atoms with Crippen LogP contribution in [0.4, 0.5) is 10.1 Å². The SMILES string of the molecule is C=C(C)CN(CC)C(=O)c1ccc(NS(=O)(=O)c2ccc(F)cc2)cc1. The number of carbonyl (C=O) groups excluding carboxylic acids is 1. The predicted octanol–water partition coefficient (Wildman–Crippen LogP) is 3.66. The zero-order valence-corrected chi connectivity index (χ0v) is 15.5. The van der Waals surface area contributed by atoms with E-state index >= 15 is 0 Å². The molecule has 0 spiro atoms. The maximum absolute atomic E-state index is 12.9. The van der Waals surface area contributed by atoms with Gasteiger partial charge in [0, 0.05) is 24.3 Å². The van der Waals surface area contributed by atoms with E-state index in [1.165, 1.54) is 24.3 Å². The zero-order valence-electron chi connectivity index (χ0n) is 14.7. The Hall–Kier alpha value is -2.67. The highest BCUT2D eigenvalue weighted by atomic mass is 32.2. The molecule has 1 N–H and O–H groups in total. The van der Waals surface area contributed by atoms with Crippen molar-refractivity contribution in [2.24, 2.45) is 0 Å². The van der Waals surface area contributed by atoms with E-state index in [-0.39, 0.29) is 10.8 Å². The van der Waals surface area contributed by atoms with Crippen LogP contribution in [0.5, 0.6) is 0 Å². The topological polar surface area (TPSA) is 66.5 Å². The first kappa shape index (κ1) is 19.7. The molecule has 0 aliphatic rings. The van der Waals surface area contributed by atoms with Gasteiger partial charge in [0.05, 0.1) is 4.90 Å². The number of benzene rings is 2.